The molecule has 132 valence electrons. The molecule has 3 N–H and O–H groups in total. The van der Waals surface area contributed by atoms with Crippen LogP contribution in [0.15, 0.2) is 46.4 Å². The minimum Gasteiger partial charge on any atom is -0.507 e. The average Bonchev–Trinajstić information content (AvgIpc) is 2.57. The maximum absolute atomic E-state index is 12.7. The molecule has 4 amide bonds. The lowest BCUT2D eigenvalue weighted by atomic mass is 10.1. The van der Waals surface area contributed by atoms with Gasteiger partial charge in [0, 0.05) is 16.7 Å². The molecule has 0 unspecified atom stereocenters. The van der Waals surface area contributed by atoms with E-state index in [2.05, 4.69) is 21.2 Å². The molecule has 1 aliphatic heterocycles. The predicted molar refractivity (Wildman–Crippen MR) is 97.9 cm³/mol. The topological polar surface area (TPSA) is 107 Å². The second-order valence-electron chi connectivity index (χ2n) is 5.30. The van der Waals surface area contributed by atoms with Gasteiger partial charge in [-0.25, -0.2) is 9.69 Å². The van der Waals surface area contributed by atoms with Crippen LogP contribution < -0.4 is 10.2 Å². The van der Waals surface area contributed by atoms with E-state index in [4.69, 9.17) is 11.6 Å². The number of rotatable bonds is 2. The molecule has 3 rings (SSSR count). The third kappa shape index (κ3) is 3.29. The lowest BCUT2D eigenvalue weighted by molar-refractivity contribution is -0.122. The van der Waals surface area contributed by atoms with Gasteiger partial charge in [-0.15, -0.1) is 0 Å². The number of urea groups is 1. The highest BCUT2D eigenvalue weighted by molar-refractivity contribution is 9.10. The number of benzene rings is 2. The maximum Gasteiger partial charge on any atom is 0.335 e. The van der Waals surface area contributed by atoms with Crippen molar-refractivity contribution in [2.45, 2.75) is 0 Å². The number of nitrogens with zero attached hydrogens (tertiary/aromatic N) is 1. The average molecular weight is 438 g/mol. The molecular formula is C17H10BrClN2O5. The number of aromatic hydroxyl groups is 2. The summed E-state index contributed by atoms with van der Waals surface area (Å²) in [5, 5.41) is 22.0. The van der Waals surface area contributed by atoms with Gasteiger partial charge in [-0.1, -0.05) is 11.6 Å². The van der Waals surface area contributed by atoms with Crippen molar-refractivity contribution >= 4 is 57.1 Å². The molecule has 2 aromatic rings. The van der Waals surface area contributed by atoms with E-state index < -0.39 is 17.8 Å². The smallest absolute Gasteiger partial charge is 0.335 e. The summed E-state index contributed by atoms with van der Waals surface area (Å²) < 4.78 is 0.261. The fraction of sp³-hybridized carbons (Fsp3) is 0. The van der Waals surface area contributed by atoms with E-state index in [0.29, 0.717) is 5.02 Å². The predicted octanol–water partition coefficient (Wildman–Crippen LogP) is 3.18. The van der Waals surface area contributed by atoms with E-state index in [1.54, 1.807) is 0 Å². The number of hydrogen-bond donors (Lipinski definition) is 3. The Morgan fingerprint density at radius 3 is 2.35 bits per heavy atom. The summed E-state index contributed by atoms with van der Waals surface area (Å²) in [6.45, 7) is 0. The maximum atomic E-state index is 12.7. The number of carbonyl (C=O) groups is 3. The van der Waals surface area contributed by atoms with Gasteiger partial charge in [-0.05, 0) is 52.3 Å². The first-order valence-electron chi connectivity index (χ1n) is 7.16. The molecule has 0 aliphatic carbocycles. The largest absolute Gasteiger partial charge is 0.507 e. The third-order valence-electron chi connectivity index (χ3n) is 3.58. The summed E-state index contributed by atoms with van der Waals surface area (Å²) in [6, 6.07) is 7.42. The molecule has 0 atom stereocenters. The van der Waals surface area contributed by atoms with Gasteiger partial charge in [-0.2, -0.15) is 0 Å². The Balaban J connectivity index is 2.05. The SMILES string of the molecule is O=C1NC(=O)N(c2ccc(Cl)cc2)C(=O)/C1=C/c1cc(Br)c(O)cc1O. The van der Waals surface area contributed by atoms with Gasteiger partial charge in [0.05, 0.1) is 10.2 Å². The van der Waals surface area contributed by atoms with Gasteiger partial charge in [0.25, 0.3) is 11.8 Å². The Hall–Kier alpha value is -2.84. The molecule has 1 saturated heterocycles. The fourth-order valence-electron chi connectivity index (χ4n) is 2.32. The second-order valence-corrected chi connectivity index (χ2v) is 6.59. The first kappa shape index (κ1) is 18.0. The first-order valence-corrected chi connectivity index (χ1v) is 8.33. The molecule has 26 heavy (non-hydrogen) atoms. The molecule has 7 nitrogen and oxygen atoms in total. The molecule has 1 heterocycles. The lowest BCUT2D eigenvalue weighted by Gasteiger charge is -2.26. The van der Waals surface area contributed by atoms with Gasteiger partial charge in [0.2, 0.25) is 0 Å². The van der Waals surface area contributed by atoms with Crippen LogP contribution in [0.25, 0.3) is 6.08 Å². The molecular weight excluding hydrogens is 428 g/mol. The van der Waals surface area contributed by atoms with E-state index in [0.717, 1.165) is 17.0 Å². The van der Waals surface area contributed by atoms with E-state index in [9.17, 15) is 24.6 Å². The monoisotopic (exact) mass is 436 g/mol. The highest BCUT2D eigenvalue weighted by atomic mass is 79.9. The number of halogens is 2. The van der Waals surface area contributed by atoms with Crippen molar-refractivity contribution in [2.24, 2.45) is 0 Å². The van der Waals surface area contributed by atoms with Crippen LogP contribution in [0.4, 0.5) is 10.5 Å². The van der Waals surface area contributed by atoms with Crippen molar-refractivity contribution in [3.05, 3.63) is 57.0 Å². The molecule has 0 radical (unpaired) electrons. The fourth-order valence-corrected chi connectivity index (χ4v) is 2.81. The Kier molecular flexibility index (Phi) is 4.71. The first-order chi connectivity index (χ1) is 12.3. The van der Waals surface area contributed by atoms with E-state index in [1.807, 2.05) is 0 Å². The van der Waals surface area contributed by atoms with E-state index in [1.165, 1.54) is 30.3 Å². The number of phenolic OH excluding ortho intramolecular Hbond substituents is 2. The van der Waals surface area contributed by atoms with Gasteiger partial charge in [-0.3, -0.25) is 14.9 Å². The number of imide groups is 2. The molecule has 0 saturated carbocycles. The number of amides is 4. The lowest BCUT2D eigenvalue weighted by Crippen LogP contribution is -2.54. The van der Waals surface area contributed by atoms with Crippen LogP contribution in [-0.4, -0.2) is 28.1 Å². The van der Waals surface area contributed by atoms with Crippen molar-refractivity contribution in [3.8, 4) is 11.5 Å². The molecule has 1 aliphatic rings. The van der Waals surface area contributed by atoms with Crippen LogP contribution >= 0.6 is 27.5 Å². The number of nitrogens with one attached hydrogen (secondary N) is 1. The van der Waals surface area contributed by atoms with Crippen molar-refractivity contribution in [1.82, 2.24) is 5.32 Å². The van der Waals surface area contributed by atoms with Crippen molar-refractivity contribution in [3.63, 3.8) is 0 Å². The van der Waals surface area contributed by atoms with Crippen molar-refractivity contribution in [2.75, 3.05) is 4.90 Å². The molecule has 0 aromatic heterocycles. The Morgan fingerprint density at radius 1 is 1.04 bits per heavy atom. The summed E-state index contributed by atoms with van der Waals surface area (Å²) in [4.78, 5) is 37.7. The minimum atomic E-state index is -0.895. The second kappa shape index (κ2) is 6.81. The molecule has 2 aromatic carbocycles. The third-order valence-corrected chi connectivity index (χ3v) is 4.47. The zero-order chi connectivity index (χ0) is 19.0. The number of hydrogen-bond acceptors (Lipinski definition) is 5. The zero-order valence-corrected chi connectivity index (χ0v) is 15.2. The highest BCUT2D eigenvalue weighted by Gasteiger charge is 2.36. The molecule has 0 bridgehead atoms. The van der Waals surface area contributed by atoms with E-state index in [-0.39, 0.29) is 32.8 Å². The van der Waals surface area contributed by atoms with Gasteiger partial charge in [0.1, 0.15) is 17.1 Å². The summed E-state index contributed by atoms with van der Waals surface area (Å²) in [6.07, 6.45) is 1.13. The number of carbonyl (C=O) groups excluding carboxylic acids is 3. The van der Waals surface area contributed by atoms with Gasteiger partial charge >= 0.3 is 6.03 Å². The number of barbiturate groups is 1. The highest BCUT2D eigenvalue weighted by Crippen LogP contribution is 2.33. The normalized spacial score (nSPS) is 16.2. The van der Waals surface area contributed by atoms with Gasteiger partial charge < -0.3 is 10.2 Å². The molecule has 0 spiro atoms. The molecule has 1 fully saturated rings. The van der Waals surface area contributed by atoms with Crippen LogP contribution in [-0.2, 0) is 9.59 Å². The van der Waals surface area contributed by atoms with Crippen LogP contribution in [0, 0.1) is 0 Å². The van der Waals surface area contributed by atoms with Gasteiger partial charge in [0.15, 0.2) is 0 Å². The summed E-state index contributed by atoms with van der Waals surface area (Å²) in [5.74, 6) is -2.30. The summed E-state index contributed by atoms with van der Waals surface area (Å²) in [5.41, 5.74) is -0.0163. The number of phenols is 2. The quantitative estimate of drug-likeness (QED) is 0.494. The molecule has 9 heteroatoms. The summed E-state index contributed by atoms with van der Waals surface area (Å²) >= 11 is 8.89. The number of anilines is 1. The van der Waals surface area contributed by atoms with Crippen LogP contribution in [0.2, 0.25) is 5.02 Å². The Morgan fingerprint density at radius 2 is 1.69 bits per heavy atom. The van der Waals surface area contributed by atoms with E-state index >= 15 is 0 Å². The minimum absolute atomic E-state index is 0.110. The zero-order valence-electron chi connectivity index (χ0n) is 12.9. The summed E-state index contributed by atoms with van der Waals surface area (Å²) in [7, 11) is 0. The van der Waals surface area contributed by atoms with Crippen LogP contribution in [0.1, 0.15) is 5.56 Å². The Labute approximate surface area is 160 Å². The standard InChI is InChI=1S/C17H10BrClN2O5/c18-12-6-8(13(22)7-14(12)23)5-11-15(24)20-17(26)21(16(11)25)10-3-1-9(19)2-4-10/h1-7,22-23H,(H,20,24,26)/b11-5+. The van der Waals surface area contributed by atoms with Crippen molar-refractivity contribution < 1.29 is 24.6 Å². The Bertz CT molecular complexity index is 972. The van der Waals surface area contributed by atoms with Crippen LogP contribution in [0.3, 0.4) is 0 Å². The van der Waals surface area contributed by atoms with Crippen LogP contribution in [0.5, 0.6) is 11.5 Å². The van der Waals surface area contributed by atoms with Crippen molar-refractivity contribution in [1.29, 1.82) is 0 Å².